The van der Waals surface area contributed by atoms with Crippen molar-refractivity contribution in [3.8, 4) is 0 Å². The van der Waals surface area contributed by atoms with Gasteiger partial charge in [-0.1, -0.05) is 35.9 Å². The van der Waals surface area contributed by atoms with Gasteiger partial charge in [0.1, 0.15) is 0 Å². The second-order valence-corrected chi connectivity index (χ2v) is 2.98. The number of benzene rings is 2. The summed E-state index contributed by atoms with van der Waals surface area (Å²) in [5, 5.41) is 0. The quantitative estimate of drug-likeness (QED) is 0.373. The number of ketones is 1. The molecule has 68 valence electrons. The molecule has 0 spiro atoms. The summed E-state index contributed by atoms with van der Waals surface area (Å²) in [7, 11) is 0. The van der Waals surface area contributed by atoms with E-state index in [4.69, 9.17) is 0 Å². The summed E-state index contributed by atoms with van der Waals surface area (Å²) in [6.07, 6.45) is 0. The van der Waals surface area contributed by atoms with Gasteiger partial charge in [0.05, 0.1) is 0 Å². The number of hydrogen-bond donors (Lipinski definition) is 0. The van der Waals surface area contributed by atoms with E-state index in [0.29, 0.717) is 5.56 Å². The average Bonchev–Trinajstić information content (AvgIpc) is 2.30. The van der Waals surface area contributed by atoms with Gasteiger partial charge in [0, 0.05) is 5.56 Å². The molecule has 0 fully saturated rings. The smallest absolute Gasteiger partial charge is 0.291 e. The van der Waals surface area contributed by atoms with E-state index < -0.39 is 0 Å². The molecule has 2 rings (SSSR count). The summed E-state index contributed by atoms with van der Waals surface area (Å²) < 4.78 is 0. The first-order chi connectivity index (χ1) is 6.88. The van der Waals surface area contributed by atoms with Crippen LogP contribution in [0, 0.1) is 6.07 Å². The predicted octanol–water partition coefficient (Wildman–Crippen LogP) is -0.278. The molecule has 1 nitrogen and oxygen atoms in total. The van der Waals surface area contributed by atoms with Gasteiger partial charge in [0.15, 0.2) is 5.78 Å². The second-order valence-electron chi connectivity index (χ2n) is 2.98. The topological polar surface area (TPSA) is 17.1 Å². The maximum atomic E-state index is 11.8. The van der Waals surface area contributed by atoms with Gasteiger partial charge in [0.25, 0.3) is 0 Å². The molecular weight excluding hydrogens is 195 g/mol. The summed E-state index contributed by atoms with van der Waals surface area (Å²) in [6, 6.07) is 19.2. The van der Waals surface area contributed by atoms with Crippen LogP contribution in [0.5, 0.6) is 0 Å². The monoisotopic (exact) mass is 204 g/mol. The van der Waals surface area contributed by atoms with Crippen LogP contribution in [0.4, 0.5) is 0 Å². The number of rotatable bonds is 2. The SMILES string of the molecule is O=C(c1cc[c-]cc1)c1ccccc1.[Na+]. The zero-order chi connectivity index (χ0) is 9.80. The van der Waals surface area contributed by atoms with E-state index in [1.807, 2.05) is 30.3 Å². The number of hydrogen-bond acceptors (Lipinski definition) is 1. The van der Waals surface area contributed by atoms with Crippen LogP contribution in [-0.2, 0) is 0 Å². The molecule has 0 N–H and O–H groups in total. The Hall–Kier alpha value is -0.890. The Bertz CT molecular complexity index is 381. The fourth-order valence-electron chi connectivity index (χ4n) is 1.29. The average molecular weight is 204 g/mol. The summed E-state index contributed by atoms with van der Waals surface area (Å²) in [4.78, 5) is 11.8. The Labute approximate surface area is 111 Å². The van der Waals surface area contributed by atoms with Gasteiger partial charge in [-0.3, -0.25) is 4.79 Å². The Kier molecular flexibility index (Phi) is 4.76. The van der Waals surface area contributed by atoms with Crippen molar-refractivity contribution < 1.29 is 34.4 Å². The van der Waals surface area contributed by atoms with Gasteiger partial charge in [-0.05, 0) is 0 Å². The molecule has 0 aliphatic heterocycles. The molecule has 0 aliphatic rings. The number of carbonyl (C=O) groups excluding carboxylic acids is 1. The third-order valence-corrected chi connectivity index (χ3v) is 2.02. The minimum atomic E-state index is 0. The second kappa shape index (κ2) is 5.86. The molecule has 2 heteroatoms. The molecule has 0 atom stereocenters. The molecule has 0 unspecified atom stereocenters. The van der Waals surface area contributed by atoms with E-state index >= 15 is 0 Å². The van der Waals surface area contributed by atoms with Crippen LogP contribution in [0.2, 0.25) is 0 Å². The van der Waals surface area contributed by atoms with E-state index in [2.05, 4.69) is 6.07 Å². The van der Waals surface area contributed by atoms with Gasteiger partial charge in [-0.25, -0.2) is 0 Å². The molecule has 0 saturated heterocycles. The Morgan fingerprint density at radius 2 is 1.40 bits per heavy atom. The van der Waals surface area contributed by atoms with Gasteiger partial charge in [0.2, 0.25) is 0 Å². The van der Waals surface area contributed by atoms with Gasteiger partial charge in [-0.2, -0.15) is 30.3 Å². The molecule has 0 aromatic heterocycles. The van der Waals surface area contributed by atoms with Crippen LogP contribution in [-0.4, -0.2) is 5.78 Å². The molecule has 2 aromatic carbocycles. The first-order valence-electron chi connectivity index (χ1n) is 4.44. The number of carbonyl (C=O) groups is 1. The van der Waals surface area contributed by atoms with Crippen LogP contribution >= 0.6 is 0 Å². The van der Waals surface area contributed by atoms with Gasteiger partial charge < -0.3 is 0 Å². The molecule has 0 amide bonds. The van der Waals surface area contributed by atoms with E-state index in [9.17, 15) is 4.79 Å². The van der Waals surface area contributed by atoms with Crippen molar-refractivity contribution in [3.05, 3.63) is 71.8 Å². The standard InChI is InChI=1S/C13H9O.Na/c14-13(11-7-3-1-4-8-11)12-9-5-2-6-10-12;/h1,3-10H;/q-1;+1. The van der Waals surface area contributed by atoms with Gasteiger partial charge >= 0.3 is 29.6 Å². The summed E-state index contributed by atoms with van der Waals surface area (Å²) >= 11 is 0. The van der Waals surface area contributed by atoms with Crippen LogP contribution in [0.25, 0.3) is 0 Å². The Morgan fingerprint density at radius 3 is 2.00 bits per heavy atom. The summed E-state index contributed by atoms with van der Waals surface area (Å²) in [6.45, 7) is 0. The minimum absolute atomic E-state index is 0. The third kappa shape index (κ3) is 3.03. The largest absolute Gasteiger partial charge is 1.00 e. The van der Waals surface area contributed by atoms with Crippen LogP contribution < -0.4 is 29.6 Å². The first kappa shape index (κ1) is 12.2. The maximum absolute atomic E-state index is 11.8. The van der Waals surface area contributed by atoms with Crippen molar-refractivity contribution in [1.82, 2.24) is 0 Å². The van der Waals surface area contributed by atoms with Crippen LogP contribution in [0.15, 0.2) is 54.6 Å². The molecule has 2 aromatic rings. The van der Waals surface area contributed by atoms with E-state index in [0.717, 1.165) is 5.56 Å². The van der Waals surface area contributed by atoms with Crippen molar-refractivity contribution in [2.75, 3.05) is 0 Å². The summed E-state index contributed by atoms with van der Waals surface area (Å²) in [5.41, 5.74) is 1.42. The molecule has 0 bridgehead atoms. The van der Waals surface area contributed by atoms with Crippen molar-refractivity contribution >= 4 is 5.78 Å². The van der Waals surface area contributed by atoms with Crippen molar-refractivity contribution in [3.63, 3.8) is 0 Å². The molecule has 0 heterocycles. The van der Waals surface area contributed by atoms with Crippen molar-refractivity contribution in [2.45, 2.75) is 0 Å². The van der Waals surface area contributed by atoms with Crippen LogP contribution in [0.1, 0.15) is 15.9 Å². The molecule has 0 aliphatic carbocycles. The predicted molar refractivity (Wildman–Crippen MR) is 55.2 cm³/mol. The molecular formula is C13H9NaO. The summed E-state index contributed by atoms with van der Waals surface area (Å²) in [5.74, 6) is 0.0552. The van der Waals surface area contributed by atoms with E-state index in [1.54, 1.807) is 24.3 Å². The van der Waals surface area contributed by atoms with E-state index in [1.165, 1.54) is 0 Å². The Morgan fingerprint density at radius 1 is 0.867 bits per heavy atom. The minimum Gasteiger partial charge on any atom is -0.291 e. The normalized spacial score (nSPS) is 9.07. The maximum Gasteiger partial charge on any atom is 1.00 e. The van der Waals surface area contributed by atoms with Gasteiger partial charge in [-0.15, -0.1) is 0 Å². The Balaban J connectivity index is 0.00000112. The fraction of sp³-hybridized carbons (Fsp3) is 0. The zero-order valence-corrected chi connectivity index (χ0v) is 10.6. The molecule has 15 heavy (non-hydrogen) atoms. The zero-order valence-electron chi connectivity index (χ0n) is 8.60. The van der Waals surface area contributed by atoms with E-state index in [-0.39, 0.29) is 35.3 Å². The molecule has 0 saturated carbocycles. The van der Waals surface area contributed by atoms with Crippen molar-refractivity contribution in [1.29, 1.82) is 0 Å². The van der Waals surface area contributed by atoms with Crippen molar-refractivity contribution in [2.24, 2.45) is 0 Å². The third-order valence-electron chi connectivity index (χ3n) is 2.02. The fourth-order valence-corrected chi connectivity index (χ4v) is 1.29. The molecule has 0 radical (unpaired) electrons. The first-order valence-corrected chi connectivity index (χ1v) is 4.44. The van der Waals surface area contributed by atoms with Crippen LogP contribution in [0.3, 0.4) is 0 Å².